The molecule has 1 aromatic rings. The monoisotopic (exact) mass is 380 g/mol. The van der Waals surface area contributed by atoms with Gasteiger partial charge in [-0.3, -0.25) is 0 Å². The van der Waals surface area contributed by atoms with E-state index in [4.69, 9.17) is 0 Å². The second-order valence-corrected chi connectivity index (χ2v) is 8.45. The van der Waals surface area contributed by atoms with E-state index in [-0.39, 0.29) is 27.4 Å². The molecular weight excluding hydrogens is 354 g/mol. The minimum absolute atomic E-state index is 0. The van der Waals surface area contributed by atoms with Crippen molar-refractivity contribution in [2.45, 2.75) is 20.3 Å². The topological polar surface area (TPSA) is 9.72 Å². The number of hydrogen-bond acceptors (Lipinski definition) is 3. The Balaban J connectivity index is 0.000000141. The molecule has 1 aromatic carbocycles. The molecule has 0 aromatic heterocycles. The number of benzene rings is 1. The quantitative estimate of drug-likeness (QED) is 0.548. The molecule has 4 saturated heterocycles. The smallest absolute Gasteiger partial charge is 0.245 e. The van der Waals surface area contributed by atoms with Gasteiger partial charge in [0, 0.05) is 7.92 Å². The summed E-state index contributed by atoms with van der Waals surface area (Å²) in [7, 11) is 0.0297. The predicted molar refractivity (Wildman–Crippen MR) is 83.6 cm³/mol. The second-order valence-electron chi connectivity index (χ2n) is 6.00. The van der Waals surface area contributed by atoms with Gasteiger partial charge in [-0.15, -0.1) is 0 Å². The zero-order valence-electron chi connectivity index (χ0n) is 12.5. The Bertz CT molecular complexity index is 367. The molecule has 3 nitrogen and oxygen atoms in total. The molecule has 0 N–H and O–H groups in total. The summed E-state index contributed by atoms with van der Waals surface area (Å²) in [5.41, 5.74) is 2.76. The minimum atomic E-state index is 0. The summed E-state index contributed by atoms with van der Waals surface area (Å²) in [5.74, 6) is 0. The van der Waals surface area contributed by atoms with Gasteiger partial charge < -0.3 is 0 Å². The van der Waals surface area contributed by atoms with Crippen LogP contribution in [0.3, 0.4) is 0 Å². The number of hydrogen-bond donors (Lipinski definition) is 0. The van der Waals surface area contributed by atoms with E-state index >= 15 is 0 Å². The summed E-state index contributed by atoms with van der Waals surface area (Å²) in [4.78, 5) is 7.76. The molecule has 4 fully saturated rings. The van der Waals surface area contributed by atoms with Gasteiger partial charge in [-0.25, -0.2) is 14.7 Å². The summed E-state index contributed by atoms with van der Waals surface area (Å²) in [6.07, 6.45) is 5.51. The van der Waals surface area contributed by atoms with Crippen molar-refractivity contribution in [1.82, 2.24) is 14.7 Å². The molecule has 5 rings (SSSR count). The number of aryl methyl sites for hydroxylation is 2. The van der Waals surface area contributed by atoms with Gasteiger partial charge >= 0.3 is 19.5 Å². The maximum absolute atomic E-state index is 2.59. The van der Waals surface area contributed by atoms with E-state index in [0.29, 0.717) is 0 Å². The van der Waals surface area contributed by atoms with Gasteiger partial charge in [-0.1, -0.05) is 36.8 Å². The van der Waals surface area contributed by atoms with Gasteiger partial charge in [0.1, 0.15) is 18.9 Å². The molecule has 0 atom stereocenters. The average Bonchev–Trinajstić information content (AvgIpc) is 2.39. The Morgan fingerprint density at radius 2 is 1.35 bits per heavy atom. The number of nitrogens with zero attached hydrogens (tertiary/aromatic N) is 3. The Labute approximate surface area is 136 Å². The first kappa shape index (κ1) is 16.5. The van der Waals surface area contributed by atoms with Crippen molar-refractivity contribution in [3.63, 3.8) is 0 Å². The first-order chi connectivity index (χ1) is 9.22. The van der Waals surface area contributed by atoms with Crippen LogP contribution in [0, 0.1) is 6.92 Å². The summed E-state index contributed by atoms with van der Waals surface area (Å²) in [6, 6.07) is 8.66. The van der Waals surface area contributed by atoms with Crippen LogP contribution in [0.5, 0.6) is 0 Å². The normalized spacial score (nSPS) is 33.1. The van der Waals surface area contributed by atoms with Gasteiger partial charge in [0.15, 0.2) is 0 Å². The van der Waals surface area contributed by atoms with Gasteiger partial charge in [-0.2, -0.15) is 0 Å². The largest absolute Gasteiger partial charge is 6.00 e. The molecule has 0 spiro atoms. The van der Waals surface area contributed by atoms with Crippen LogP contribution in [0.1, 0.15) is 18.1 Å². The molecule has 4 aliphatic heterocycles. The summed E-state index contributed by atoms with van der Waals surface area (Å²) in [5, 5.41) is 0. The Kier molecular flexibility index (Phi) is 6.14. The van der Waals surface area contributed by atoms with Crippen molar-refractivity contribution < 1.29 is 19.5 Å². The van der Waals surface area contributed by atoms with Crippen molar-refractivity contribution in [3.05, 3.63) is 35.4 Å². The Hall–Kier alpha value is 0.153. The van der Waals surface area contributed by atoms with Gasteiger partial charge in [-0.05, 0) is 18.9 Å². The van der Waals surface area contributed by atoms with E-state index in [1.54, 1.807) is 0 Å². The fourth-order valence-electron chi connectivity index (χ4n) is 3.21. The SMILES string of the molecule is C1N2CN3CN1C[PH+](C2)C3.CCc1ccc(C)cc1.[Ru+6]. The van der Waals surface area contributed by atoms with Crippen molar-refractivity contribution in [3.8, 4) is 0 Å². The summed E-state index contributed by atoms with van der Waals surface area (Å²) in [6.45, 7) is 8.05. The third kappa shape index (κ3) is 4.09. The zero-order valence-corrected chi connectivity index (χ0v) is 15.2. The molecule has 20 heavy (non-hydrogen) atoms. The van der Waals surface area contributed by atoms with Crippen molar-refractivity contribution in [2.75, 3.05) is 38.9 Å². The third-order valence-electron chi connectivity index (χ3n) is 4.07. The molecule has 4 bridgehead atoms. The molecular formula is C15H25N3PRu+7. The predicted octanol–water partition coefficient (Wildman–Crippen LogP) is 2.45. The van der Waals surface area contributed by atoms with Crippen LogP contribution in [0.4, 0.5) is 0 Å². The van der Waals surface area contributed by atoms with Crippen molar-refractivity contribution in [2.24, 2.45) is 0 Å². The fourth-order valence-corrected chi connectivity index (χ4v) is 6.00. The van der Waals surface area contributed by atoms with Crippen LogP contribution in [-0.4, -0.2) is 53.6 Å². The number of rotatable bonds is 1. The van der Waals surface area contributed by atoms with Gasteiger partial charge in [0.2, 0.25) is 0 Å². The van der Waals surface area contributed by atoms with Crippen LogP contribution in [0.2, 0.25) is 0 Å². The molecule has 4 heterocycles. The first-order valence-electron chi connectivity index (χ1n) is 7.29. The average molecular weight is 379 g/mol. The molecule has 0 saturated carbocycles. The maximum atomic E-state index is 2.59. The van der Waals surface area contributed by atoms with Gasteiger partial charge in [0.25, 0.3) is 0 Å². The molecule has 0 radical (unpaired) electrons. The minimum Gasteiger partial charge on any atom is -0.245 e. The van der Waals surface area contributed by atoms with E-state index in [9.17, 15) is 0 Å². The van der Waals surface area contributed by atoms with E-state index in [2.05, 4.69) is 52.8 Å². The van der Waals surface area contributed by atoms with E-state index in [1.807, 2.05) is 0 Å². The fraction of sp³-hybridized carbons (Fsp3) is 0.600. The zero-order chi connectivity index (χ0) is 13.2. The van der Waals surface area contributed by atoms with Crippen LogP contribution in [0.15, 0.2) is 24.3 Å². The maximum Gasteiger partial charge on any atom is 6.00 e. The third-order valence-corrected chi connectivity index (χ3v) is 6.75. The Morgan fingerprint density at radius 3 is 1.70 bits per heavy atom. The molecule has 0 aliphatic carbocycles. The van der Waals surface area contributed by atoms with E-state index < -0.39 is 0 Å². The first-order valence-corrected chi connectivity index (χ1v) is 9.41. The molecule has 0 unspecified atom stereocenters. The van der Waals surface area contributed by atoms with Crippen molar-refractivity contribution >= 4 is 7.92 Å². The Morgan fingerprint density at radius 1 is 0.900 bits per heavy atom. The van der Waals surface area contributed by atoms with Gasteiger partial charge in [0.05, 0.1) is 20.0 Å². The van der Waals surface area contributed by atoms with Crippen LogP contribution >= 0.6 is 7.92 Å². The summed E-state index contributed by atoms with van der Waals surface area (Å²) >= 11 is 0. The van der Waals surface area contributed by atoms with E-state index in [0.717, 1.165) is 6.42 Å². The second kappa shape index (κ2) is 7.43. The molecule has 4 aliphatic rings. The molecule has 5 heteroatoms. The van der Waals surface area contributed by atoms with E-state index in [1.165, 1.54) is 50.0 Å². The standard InChI is InChI=1S/C9H12.C6H12N3P.Ru/c1-3-9-6-4-8(2)5-7-9;1-7-2-9-3-8(1)5-10(4-7)6-9;/h4-7H,3H2,1-2H3;1-6H2;/q;;+6/p+1. The van der Waals surface area contributed by atoms with Crippen LogP contribution in [-0.2, 0) is 25.9 Å². The van der Waals surface area contributed by atoms with Crippen LogP contribution in [0.25, 0.3) is 0 Å². The molecule has 106 valence electrons. The molecule has 0 amide bonds. The summed E-state index contributed by atoms with van der Waals surface area (Å²) < 4.78 is 0. The van der Waals surface area contributed by atoms with Crippen molar-refractivity contribution in [1.29, 1.82) is 0 Å². The van der Waals surface area contributed by atoms with Crippen LogP contribution < -0.4 is 0 Å².